The highest BCUT2D eigenvalue weighted by molar-refractivity contribution is 7.84. The molecule has 2 aromatic heterocycles. The van der Waals surface area contributed by atoms with E-state index in [4.69, 9.17) is 0 Å². The van der Waals surface area contributed by atoms with Gasteiger partial charge in [0.05, 0.1) is 33.3 Å². The average Bonchev–Trinajstić information content (AvgIpc) is 3.05. The van der Waals surface area contributed by atoms with Crippen LogP contribution in [0.25, 0.3) is 11.0 Å². The third-order valence-electron chi connectivity index (χ3n) is 3.79. The van der Waals surface area contributed by atoms with Crippen molar-refractivity contribution < 1.29 is 22.5 Å². The number of alkyl halides is 2. The van der Waals surface area contributed by atoms with Crippen LogP contribution in [0.1, 0.15) is 16.8 Å². The van der Waals surface area contributed by atoms with E-state index in [1.165, 1.54) is 12.1 Å². The van der Waals surface area contributed by atoms with Crippen molar-refractivity contribution in [2.75, 3.05) is 0 Å². The molecule has 1 unspecified atom stereocenters. The van der Waals surface area contributed by atoms with Crippen molar-refractivity contribution in [3.8, 4) is 11.5 Å². The number of nitrogens with zero attached hydrogens (tertiary/aromatic N) is 2. The summed E-state index contributed by atoms with van der Waals surface area (Å²) in [5, 5.41) is 0.243. The third kappa shape index (κ3) is 2.95. The molecule has 1 aliphatic rings. The van der Waals surface area contributed by atoms with Crippen molar-refractivity contribution in [1.29, 1.82) is 0 Å². The number of hydrogen-bond acceptors (Lipinski definition) is 5. The van der Waals surface area contributed by atoms with Crippen LogP contribution in [0.5, 0.6) is 11.5 Å². The van der Waals surface area contributed by atoms with Gasteiger partial charge in [-0.05, 0) is 25.0 Å². The first-order chi connectivity index (χ1) is 11.8. The molecule has 25 heavy (non-hydrogen) atoms. The highest BCUT2D eigenvalue weighted by Crippen LogP contribution is 2.42. The number of aryl methyl sites for hydroxylation is 2. The van der Waals surface area contributed by atoms with Crippen molar-refractivity contribution >= 4 is 21.8 Å². The number of imidazole rings is 1. The van der Waals surface area contributed by atoms with E-state index in [0.717, 1.165) is 16.8 Å². The summed E-state index contributed by atoms with van der Waals surface area (Å²) in [6, 6.07) is 4.66. The maximum atomic E-state index is 13.1. The number of aromatic nitrogens is 3. The molecule has 0 bridgehead atoms. The van der Waals surface area contributed by atoms with E-state index in [-0.39, 0.29) is 22.4 Å². The summed E-state index contributed by atoms with van der Waals surface area (Å²) in [7, 11) is -1.46. The van der Waals surface area contributed by atoms with E-state index in [2.05, 4.69) is 24.4 Å². The fraction of sp³-hybridized carbons (Fsp3) is 0.250. The number of ether oxygens (including phenoxy) is 2. The molecule has 0 radical (unpaired) electrons. The van der Waals surface area contributed by atoms with Crippen LogP contribution in [0.2, 0.25) is 0 Å². The van der Waals surface area contributed by atoms with Crippen molar-refractivity contribution in [1.82, 2.24) is 15.0 Å². The lowest BCUT2D eigenvalue weighted by atomic mass is 10.2. The first kappa shape index (κ1) is 15.9. The van der Waals surface area contributed by atoms with E-state index in [9.17, 15) is 13.0 Å². The standard InChI is InChI=1S/C16H13F2N3O3S/c1-8-3-9(2)12(19-6-8)7-25(22)15-20-10-4-13-14(5-11(10)21-15)24-16(17,18)23-13/h3-6H,7H2,1-2H3,(H,20,21). The summed E-state index contributed by atoms with van der Waals surface area (Å²) in [6.07, 6.45) is -1.96. The van der Waals surface area contributed by atoms with Crippen LogP contribution in [0.4, 0.5) is 8.78 Å². The summed E-state index contributed by atoms with van der Waals surface area (Å²) in [5.74, 6) is 0.0170. The lowest BCUT2D eigenvalue weighted by Gasteiger charge is -2.04. The van der Waals surface area contributed by atoms with Crippen LogP contribution in [0.3, 0.4) is 0 Å². The molecule has 3 heterocycles. The summed E-state index contributed by atoms with van der Waals surface area (Å²) < 4.78 is 47.5. The van der Waals surface area contributed by atoms with Gasteiger partial charge in [0, 0.05) is 18.3 Å². The summed E-state index contributed by atoms with van der Waals surface area (Å²) in [4.78, 5) is 11.4. The lowest BCUT2D eigenvalue weighted by Crippen LogP contribution is -2.25. The first-order valence-corrected chi connectivity index (χ1v) is 8.73. The van der Waals surface area contributed by atoms with Crippen LogP contribution >= 0.6 is 0 Å². The second-order valence-electron chi connectivity index (χ2n) is 5.79. The minimum absolute atomic E-state index is 0.0884. The van der Waals surface area contributed by atoms with Gasteiger partial charge in [0.2, 0.25) is 0 Å². The highest BCUT2D eigenvalue weighted by atomic mass is 32.2. The molecule has 0 saturated heterocycles. The zero-order valence-electron chi connectivity index (χ0n) is 13.3. The molecule has 0 amide bonds. The number of benzene rings is 1. The van der Waals surface area contributed by atoms with Crippen LogP contribution in [0, 0.1) is 13.8 Å². The maximum Gasteiger partial charge on any atom is 0.586 e. The number of nitrogens with one attached hydrogen (secondary N) is 1. The fourth-order valence-corrected chi connectivity index (χ4v) is 3.74. The van der Waals surface area contributed by atoms with Crippen LogP contribution in [-0.4, -0.2) is 25.5 Å². The monoisotopic (exact) mass is 365 g/mol. The molecule has 9 heteroatoms. The summed E-state index contributed by atoms with van der Waals surface area (Å²) in [6.45, 7) is 3.84. The lowest BCUT2D eigenvalue weighted by molar-refractivity contribution is -0.286. The Bertz CT molecular complexity index is 974. The van der Waals surface area contributed by atoms with Crippen LogP contribution in [-0.2, 0) is 16.6 Å². The minimum atomic E-state index is -3.68. The fourth-order valence-electron chi connectivity index (χ4n) is 2.63. The van der Waals surface area contributed by atoms with Gasteiger partial charge in [-0.2, -0.15) is 0 Å². The number of aromatic amines is 1. The Morgan fingerprint density at radius 2 is 1.92 bits per heavy atom. The molecule has 0 fully saturated rings. The number of H-pyrrole nitrogens is 1. The number of halogens is 2. The Balaban J connectivity index is 1.63. The van der Waals surface area contributed by atoms with Gasteiger partial charge in [0.1, 0.15) is 0 Å². The summed E-state index contributed by atoms with van der Waals surface area (Å²) in [5.41, 5.74) is 3.52. The molecular weight excluding hydrogens is 352 g/mol. The minimum Gasteiger partial charge on any atom is -0.395 e. The Morgan fingerprint density at radius 1 is 1.20 bits per heavy atom. The molecule has 1 aromatic carbocycles. The van der Waals surface area contributed by atoms with Gasteiger partial charge in [-0.1, -0.05) is 6.07 Å². The quantitative estimate of drug-likeness (QED) is 0.771. The van der Waals surface area contributed by atoms with E-state index < -0.39 is 17.1 Å². The predicted octanol–water partition coefficient (Wildman–Crippen LogP) is 3.20. The van der Waals surface area contributed by atoms with Gasteiger partial charge >= 0.3 is 6.29 Å². The molecular formula is C16H13F2N3O3S. The molecule has 0 saturated carbocycles. The van der Waals surface area contributed by atoms with Crippen molar-refractivity contribution in [3.05, 3.63) is 41.2 Å². The number of pyridine rings is 1. The van der Waals surface area contributed by atoms with E-state index >= 15 is 0 Å². The Hall–Kier alpha value is -2.55. The largest absolute Gasteiger partial charge is 0.586 e. The zero-order valence-corrected chi connectivity index (χ0v) is 14.1. The second-order valence-corrected chi connectivity index (χ2v) is 7.16. The molecule has 0 aliphatic carbocycles. The second kappa shape index (κ2) is 5.48. The molecule has 6 nitrogen and oxygen atoms in total. The highest BCUT2D eigenvalue weighted by Gasteiger charge is 2.43. The SMILES string of the molecule is Cc1cnc(CS(=O)c2nc3cc4c(cc3[nH]2)OC(F)(F)O4)c(C)c1. The van der Waals surface area contributed by atoms with Crippen LogP contribution in [0.15, 0.2) is 29.6 Å². The zero-order chi connectivity index (χ0) is 17.8. The number of fused-ring (bicyclic) bond motifs is 2. The molecule has 1 N–H and O–H groups in total. The van der Waals surface area contributed by atoms with Crippen molar-refractivity contribution in [2.24, 2.45) is 0 Å². The van der Waals surface area contributed by atoms with Crippen LogP contribution < -0.4 is 9.47 Å². The maximum absolute atomic E-state index is 13.1. The molecule has 1 atom stereocenters. The Kier molecular flexibility index (Phi) is 3.50. The van der Waals surface area contributed by atoms with Crippen molar-refractivity contribution in [3.63, 3.8) is 0 Å². The van der Waals surface area contributed by atoms with E-state index in [1.807, 2.05) is 19.9 Å². The molecule has 3 aromatic rings. The van der Waals surface area contributed by atoms with Gasteiger partial charge in [0.25, 0.3) is 0 Å². The third-order valence-corrected chi connectivity index (χ3v) is 4.95. The molecule has 1 aliphatic heterocycles. The average molecular weight is 365 g/mol. The normalized spacial score (nSPS) is 16.3. The topological polar surface area (TPSA) is 77.1 Å². The smallest absolute Gasteiger partial charge is 0.395 e. The van der Waals surface area contributed by atoms with E-state index in [0.29, 0.717) is 11.0 Å². The molecule has 0 spiro atoms. The van der Waals surface area contributed by atoms with Gasteiger partial charge < -0.3 is 14.5 Å². The molecule has 130 valence electrons. The van der Waals surface area contributed by atoms with Crippen molar-refractivity contribution in [2.45, 2.75) is 31.1 Å². The van der Waals surface area contributed by atoms with E-state index in [1.54, 1.807) is 6.20 Å². The predicted molar refractivity (Wildman–Crippen MR) is 86.1 cm³/mol. The van der Waals surface area contributed by atoms with Gasteiger partial charge in [-0.25, -0.2) is 4.98 Å². The number of rotatable bonds is 3. The Morgan fingerprint density at radius 3 is 2.64 bits per heavy atom. The first-order valence-electron chi connectivity index (χ1n) is 7.41. The molecule has 4 rings (SSSR count). The van der Waals surface area contributed by atoms with Gasteiger partial charge in [-0.15, -0.1) is 8.78 Å². The van der Waals surface area contributed by atoms with Gasteiger partial charge in [-0.3, -0.25) is 9.19 Å². The summed E-state index contributed by atoms with van der Waals surface area (Å²) >= 11 is 0. The Labute approximate surface area is 143 Å². The number of hydrogen-bond donors (Lipinski definition) is 1. The van der Waals surface area contributed by atoms with Gasteiger partial charge in [0.15, 0.2) is 16.7 Å².